The number of hydrogen-bond acceptors (Lipinski definition) is 5. The Balaban J connectivity index is 1.39. The summed E-state index contributed by atoms with van der Waals surface area (Å²) in [6.07, 6.45) is 9.45. The van der Waals surface area contributed by atoms with Gasteiger partial charge < -0.3 is 19.9 Å². The minimum Gasteiger partial charge on any atom is -0.485 e. The van der Waals surface area contributed by atoms with Crippen LogP contribution in [-0.2, 0) is 9.47 Å². The fourth-order valence-electron chi connectivity index (χ4n) is 7.50. The molecule has 2 bridgehead atoms. The second kappa shape index (κ2) is 6.63. The van der Waals surface area contributed by atoms with E-state index in [4.69, 9.17) is 9.47 Å². The van der Waals surface area contributed by atoms with Crippen molar-refractivity contribution in [1.82, 2.24) is 10.2 Å². The average molecular weight is 441 g/mol. The van der Waals surface area contributed by atoms with Crippen molar-refractivity contribution in [2.75, 3.05) is 13.1 Å². The third-order valence-corrected chi connectivity index (χ3v) is 8.89. The Bertz CT molecular complexity index is 929. The van der Waals surface area contributed by atoms with E-state index in [2.05, 4.69) is 22.9 Å². The van der Waals surface area contributed by atoms with Crippen LogP contribution < -0.4 is 5.32 Å². The van der Waals surface area contributed by atoms with Crippen LogP contribution in [0.4, 0.5) is 4.79 Å². The number of likely N-dealkylation sites (tertiary alicyclic amines) is 1. The maximum Gasteiger partial charge on any atom is 0.413 e. The number of aliphatic hydroxyl groups is 1. The highest BCUT2D eigenvalue weighted by Gasteiger charge is 2.76. The molecule has 0 radical (unpaired) electrons. The van der Waals surface area contributed by atoms with Crippen LogP contribution in [-0.4, -0.2) is 52.5 Å². The summed E-state index contributed by atoms with van der Waals surface area (Å²) in [5, 5.41) is 15.3. The third-order valence-electron chi connectivity index (χ3n) is 8.89. The van der Waals surface area contributed by atoms with Gasteiger partial charge in [0, 0.05) is 24.0 Å². The van der Waals surface area contributed by atoms with Crippen molar-refractivity contribution in [3.63, 3.8) is 0 Å². The molecule has 2 heterocycles. The molecule has 0 aromatic carbocycles. The number of amides is 1. The molecule has 2 aliphatic heterocycles. The van der Waals surface area contributed by atoms with E-state index in [9.17, 15) is 9.90 Å². The first-order valence-electron chi connectivity index (χ1n) is 12.4. The first kappa shape index (κ1) is 20.8. The zero-order valence-corrected chi connectivity index (χ0v) is 19.5. The molecule has 3 saturated carbocycles. The third kappa shape index (κ3) is 2.81. The standard InChI is InChI=1S/C26H36N2O4/c1-15-9-10-26(30)19-13-17-7-8-18(31-23(29)27-24(2,3)4)21-20(17)25(26,22(15)32-21)11-12-28(19)14-16-5-6-16/h7-8,16-17,19-20,22,30H,1,5-6,9-14H2,2-4H3,(H,27,29)/t17?,19?,20?,22-,25-,26+/m0/s1. The summed E-state index contributed by atoms with van der Waals surface area (Å²) in [5.74, 6) is 2.37. The highest BCUT2D eigenvalue weighted by atomic mass is 16.6. The molecule has 0 aromatic rings. The molecule has 6 rings (SSSR count). The Morgan fingerprint density at radius 1 is 1.38 bits per heavy atom. The van der Waals surface area contributed by atoms with Gasteiger partial charge in [0.1, 0.15) is 11.9 Å². The van der Waals surface area contributed by atoms with Gasteiger partial charge in [-0.1, -0.05) is 12.7 Å². The van der Waals surface area contributed by atoms with Gasteiger partial charge in [0.15, 0.2) is 5.76 Å². The quantitative estimate of drug-likeness (QED) is 0.652. The summed E-state index contributed by atoms with van der Waals surface area (Å²) in [4.78, 5) is 15.1. The number of carbonyl (C=O) groups is 1. The van der Waals surface area contributed by atoms with Crippen molar-refractivity contribution in [1.29, 1.82) is 0 Å². The molecular formula is C26H36N2O4. The van der Waals surface area contributed by atoms with Crippen molar-refractivity contribution in [3.8, 4) is 0 Å². The van der Waals surface area contributed by atoms with Crippen LogP contribution in [0.15, 0.2) is 35.8 Å². The van der Waals surface area contributed by atoms with Crippen LogP contribution in [0.3, 0.4) is 0 Å². The lowest BCUT2D eigenvalue weighted by atomic mass is 9.44. The number of rotatable bonds is 3. The van der Waals surface area contributed by atoms with Gasteiger partial charge in [0.05, 0.1) is 11.0 Å². The summed E-state index contributed by atoms with van der Waals surface area (Å²) >= 11 is 0. The van der Waals surface area contributed by atoms with Crippen molar-refractivity contribution in [2.45, 2.75) is 82.6 Å². The summed E-state index contributed by atoms with van der Waals surface area (Å²) < 4.78 is 12.4. The second-order valence-electron chi connectivity index (χ2n) is 12.1. The minimum absolute atomic E-state index is 0.0383. The first-order chi connectivity index (χ1) is 15.1. The molecule has 6 heteroatoms. The lowest BCUT2D eigenvalue weighted by Crippen LogP contribution is -2.75. The van der Waals surface area contributed by atoms with E-state index in [0.717, 1.165) is 56.0 Å². The number of nitrogens with one attached hydrogen (secondary N) is 1. The zero-order valence-electron chi connectivity index (χ0n) is 19.5. The molecule has 6 nitrogen and oxygen atoms in total. The Morgan fingerprint density at radius 3 is 2.88 bits per heavy atom. The van der Waals surface area contributed by atoms with E-state index in [1.165, 1.54) is 12.8 Å². The van der Waals surface area contributed by atoms with Crippen LogP contribution >= 0.6 is 0 Å². The zero-order chi connectivity index (χ0) is 22.5. The highest BCUT2D eigenvalue weighted by molar-refractivity contribution is 5.70. The lowest BCUT2D eigenvalue weighted by Gasteiger charge is -2.66. The van der Waals surface area contributed by atoms with E-state index in [1.807, 2.05) is 26.8 Å². The molecule has 6 atom stereocenters. The second-order valence-corrected chi connectivity index (χ2v) is 12.1. The van der Waals surface area contributed by atoms with Crippen molar-refractivity contribution < 1.29 is 19.4 Å². The monoisotopic (exact) mass is 440 g/mol. The molecule has 32 heavy (non-hydrogen) atoms. The van der Waals surface area contributed by atoms with Gasteiger partial charge in [-0.25, -0.2) is 4.79 Å². The predicted octanol–water partition coefficient (Wildman–Crippen LogP) is 3.88. The number of ether oxygens (including phenoxy) is 2. The highest BCUT2D eigenvalue weighted by Crippen LogP contribution is 2.70. The Labute approximate surface area is 190 Å². The molecule has 3 unspecified atom stereocenters. The Morgan fingerprint density at radius 2 is 2.16 bits per heavy atom. The topological polar surface area (TPSA) is 71.0 Å². The van der Waals surface area contributed by atoms with Gasteiger partial charge in [0.25, 0.3) is 0 Å². The SMILES string of the molecule is C=C1CC[C@@]2(O)C3CC4C=CC(OC(=O)NC(C)(C)C)=C5O[C@@H]1[C@]2(CCN3CC1CC1)C54. The van der Waals surface area contributed by atoms with Crippen molar-refractivity contribution >= 4 is 6.09 Å². The maximum absolute atomic E-state index is 12.6. The molecule has 2 saturated heterocycles. The van der Waals surface area contributed by atoms with Crippen LogP contribution in [0, 0.1) is 23.2 Å². The molecular weight excluding hydrogens is 404 g/mol. The molecule has 4 aliphatic carbocycles. The molecule has 1 amide bonds. The molecule has 174 valence electrons. The number of allylic oxidation sites excluding steroid dienone is 3. The molecule has 6 aliphatic rings. The Hall–Kier alpha value is -1.79. The summed E-state index contributed by atoms with van der Waals surface area (Å²) in [6.45, 7) is 12.3. The van der Waals surface area contributed by atoms with Crippen LogP contribution in [0.5, 0.6) is 0 Å². The van der Waals surface area contributed by atoms with E-state index in [0.29, 0.717) is 5.76 Å². The van der Waals surface area contributed by atoms with Gasteiger partial charge >= 0.3 is 6.09 Å². The smallest absolute Gasteiger partial charge is 0.413 e. The van der Waals surface area contributed by atoms with E-state index in [-0.39, 0.29) is 34.9 Å². The van der Waals surface area contributed by atoms with E-state index in [1.54, 1.807) is 0 Å². The number of piperidine rings is 1. The fraction of sp³-hybridized carbons (Fsp3) is 0.731. The van der Waals surface area contributed by atoms with E-state index >= 15 is 0 Å². The Kier molecular flexibility index (Phi) is 4.31. The summed E-state index contributed by atoms with van der Waals surface area (Å²) in [7, 11) is 0. The van der Waals surface area contributed by atoms with Gasteiger partial charge in [-0.3, -0.25) is 4.90 Å². The minimum atomic E-state index is -0.793. The first-order valence-corrected chi connectivity index (χ1v) is 12.4. The number of carbonyl (C=O) groups excluding carboxylic acids is 1. The summed E-state index contributed by atoms with van der Waals surface area (Å²) in [5.41, 5.74) is -0.484. The summed E-state index contributed by atoms with van der Waals surface area (Å²) in [6, 6.07) is 0.160. The predicted molar refractivity (Wildman–Crippen MR) is 120 cm³/mol. The molecule has 5 fully saturated rings. The van der Waals surface area contributed by atoms with E-state index < -0.39 is 11.7 Å². The van der Waals surface area contributed by atoms with Crippen LogP contribution in [0.25, 0.3) is 0 Å². The van der Waals surface area contributed by atoms with Crippen molar-refractivity contribution in [2.24, 2.45) is 23.2 Å². The molecule has 2 N–H and O–H groups in total. The van der Waals surface area contributed by atoms with Gasteiger partial charge in [-0.05, 0) is 89.3 Å². The maximum atomic E-state index is 12.6. The lowest BCUT2D eigenvalue weighted by molar-refractivity contribution is -0.240. The molecule has 1 spiro atoms. The largest absolute Gasteiger partial charge is 0.485 e. The molecule has 0 aromatic heterocycles. The normalized spacial score (nSPS) is 42.4. The number of hydrogen-bond donors (Lipinski definition) is 2. The average Bonchev–Trinajstić information content (AvgIpc) is 3.43. The van der Waals surface area contributed by atoms with Gasteiger partial charge in [0.2, 0.25) is 0 Å². The fourth-order valence-corrected chi connectivity index (χ4v) is 7.50. The van der Waals surface area contributed by atoms with Gasteiger partial charge in [-0.15, -0.1) is 0 Å². The van der Waals surface area contributed by atoms with Crippen LogP contribution in [0.2, 0.25) is 0 Å². The number of nitrogens with zero attached hydrogens (tertiary/aromatic N) is 1. The number of alkyl carbamates (subject to hydrolysis) is 1. The van der Waals surface area contributed by atoms with Crippen molar-refractivity contribution in [3.05, 3.63) is 35.8 Å². The van der Waals surface area contributed by atoms with Gasteiger partial charge in [-0.2, -0.15) is 0 Å². The van der Waals surface area contributed by atoms with Crippen LogP contribution in [0.1, 0.15) is 59.3 Å².